The summed E-state index contributed by atoms with van der Waals surface area (Å²) in [6, 6.07) is 1.86. The number of carbonyl (C=O) groups excluding carboxylic acids is 1. The van der Waals surface area contributed by atoms with Crippen LogP contribution in [0.25, 0.3) is 10.2 Å². The molecule has 0 aliphatic rings. The second-order valence-corrected chi connectivity index (χ2v) is 6.66. The first kappa shape index (κ1) is 13.6. The predicted molar refractivity (Wildman–Crippen MR) is 80.5 cm³/mol. The van der Waals surface area contributed by atoms with E-state index in [4.69, 9.17) is 11.5 Å². The van der Waals surface area contributed by atoms with E-state index >= 15 is 0 Å². The molecule has 0 fully saturated rings. The van der Waals surface area contributed by atoms with Crippen molar-refractivity contribution in [3.05, 3.63) is 17.1 Å². The van der Waals surface area contributed by atoms with Crippen molar-refractivity contribution in [2.75, 3.05) is 17.6 Å². The summed E-state index contributed by atoms with van der Waals surface area (Å²) in [5.74, 6) is -0.512. The van der Waals surface area contributed by atoms with E-state index in [9.17, 15) is 4.79 Å². The number of primary amides is 1. The summed E-state index contributed by atoms with van der Waals surface area (Å²) in [5.41, 5.74) is 12.8. The molecule has 0 atom stereocenters. The lowest BCUT2D eigenvalue weighted by molar-refractivity contribution is 0.100. The molecule has 6 heteroatoms. The van der Waals surface area contributed by atoms with Gasteiger partial charge in [0.1, 0.15) is 9.71 Å². The number of aromatic nitrogens is 1. The zero-order valence-corrected chi connectivity index (χ0v) is 12.1. The Balaban J connectivity index is 2.47. The van der Waals surface area contributed by atoms with Crippen LogP contribution in [0.1, 0.15) is 30.4 Å². The van der Waals surface area contributed by atoms with Crippen molar-refractivity contribution in [3.63, 3.8) is 0 Å². The van der Waals surface area contributed by atoms with Gasteiger partial charge in [0.15, 0.2) is 0 Å². The average molecular weight is 278 g/mol. The maximum atomic E-state index is 11.3. The lowest BCUT2D eigenvalue weighted by atomic mass is 9.97. The van der Waals surface area contributed by atoms with E-state index < -0.39 is 5.91 Å². The predicted octanol–water partition coefficient (Wildman–Crippen LogP) is 2.44. The molecule has 5 N–H and O–H groups in total. The number of pyridine rings is 1. The number of nitrogens with two attached hydrogens (primary N) is 2. The van der Waals surface area contributed by atoms with E-state index in [1.807, 2.05) is 6.07 Å². The second kappa shape index (κ2) is 4.70. The largest absolute Gasteiger partial charge is 0.397 e. The molecular weight excluding hydrogens is 260 g/mol. The Hall–Kier alpha value is -1.82. The minimum atomic E-state index is -0.512. The van der Waals surface area contributed by atoms with Crippen LogP contribution in [0.15, 0.2) is 12.3 Å². The van der Waals surface area contributed by atoms with Crippen molar-refractivity contribution in [3.8, 4) is 0 Å². The molecule has 1 amide bonds. The van der Waals surface area contributed by atoms with Gasteiger partial charge in [0, 0.05) is 18.4 Å². The Morgan fingerprint density at radius 1 is 1.47 bits per heavy atom. The molecule has 2 aromatic rings. The molecule has 0 radical (unpaired) electrons. The first-order valence-corrected chi connectivity index (χ1v) is 6.82. The summed E-state index contributed by atoms with van der Waals surface area (Å²) in [6.07, 6.45) is 1.70. The van der Waals surface area contributed by atoms with Gasteiger partial charge in [-0.1, -0.05) is 20.8 Å². The summed E-state index contributed by atoms with van der Waals surface area (Å²) in [6.45, 7) is 7.23. The third kappa shape index (κ3) is 2.78. The molecule has 0 unspecified atom stereocenters. The maximum absolute atomic E-state index is 11.3. The Labute approximate surface area is 116 Å². The molecule has 0 spiro atoms. The fraction of sp³-hybridized carbons (Fsp3) is 0.385. The van der Waals surface area contributed by atoms with E-state index in [1.54, 1.807) is 6.20 Å². The number of anilines is 2. The second-order valence-electron chi connectivity index (χ2n) is 5.66. The fourth-order valence-electron chi connectivity index (χ4n) is 1.74. The highest BCUT2D eigenvalue weighted by Crippen LogP contribution is 2.37. The van der Waals surface area contributed by atoms with Gasteiger partial charge in [-0.2, -0.15) is 0 Å². The number of nitrogen functional groups attached to an aromatic ring is 1. The van der Waals surface area contributed by atoms with Crippen molar-refractivity contribution in [1.82, 2.24) is 4.98 Å². The Bertz CT molecular complexity index is 627. The van der Waals surface area contributed by atoms with Crippen LogP contribution in [0.4, 0.5) is 11.4 Å². The zero-order valence-electron chi connectivity index (χ0n) is 11.3. The summed E-state index contributed by atoms with van der Waals surface area (Å²) >= 11 is 1.23. The van der Waals surface area contributed by atoms with E-state index in [1.165, 1.54) is 11.3 Å². The van der Waals surface area contributed by atoms with E-state index in [2.05, 4.69) is 31.1 Å². The quantitative estimate of drug-likeness (QED) is 0.803. The van der Waals surface area contributed by atoms with Gasteiger partial charge in [-0.15, -0.1) is 11.3 Å². The van der Waals surface area contributed by atoms with Crippen molar-refractivity contribution >= 4 is 38.8 Å². The van der Waals surface area contributed by atoms with Crippen molar-refractivity contribution in [1.29, 1.82) is 0 Å². The van der Waals surface area contributed by atoms with Gasteiger partial charge in [-0.05, 0) is 11.5 Å². The van der Waals surface area contributed by atoms with Gasteiger partial charge in [0.25, 0.3) is 5.91 Å². The Kier molecular flexibility index (Phi) is 3.36. The number of carbonyl (C=O) groups is 1. The molecule has 2 rings (SSSR count). The van der Waals surface area contributed by atoms with Crippen LogP contribution in [-0.2, 0) is 0 Å². The Morgan fingerprint density at radius 3 is 2.74 bits per heavy atom. The van der Waals surface area contributed by atoms with Crippen molar-refractivity contribution in [2.24, 2.45) is 11.1 Å². The number of hydrogen-bond acceptors (Lipinski definition) is 5. The molecule has 0 saturated heterocycles. The number of hydrogen-bond donors (Lipinski definition) is 3. The number of nitrogens with zero attached hydrogens (tertiary/aromatic N) is 1. The molecule has 2 aromatic heterocycles. The van der Waals surface area contributed by atoms with Gasteiger partial charge in [0.05, 0.1) is 11.1 Å². The third-order valence-electron chi connectivity index (χ3n) is 2.66. The molecule has 0 aliphatic carbocycles. The van der Waals surface area contributed by atoms with Crippen molar-refractivity contribution in [2.45, 2.75) is 20.8 Å². The van der Waals surface area contributed by atoms with E-state index in [-0.39, 0.29) is 5.41 Å². The summed E-state index contributed by atoms with van der Waals surface area (Å²) in [4.78, 5) is 16.7. The first-order valence-electron chi connectivity index (χ1n) is 6.00. The van der Waals surface area contributed by atoms with Crippen LogP contribution >= 0.6 is 11.3 Å². The van der Waals surface area contributed by atoms with Crippen molar-refractivity contribution < 1.29 is 4.79 Å². The van der Waals surface area contributed by atoms with Crippen LogP contribution in [-0.4, -0.2) is 17.4 Å². The van der Waals surface area contributed by atoms with Crippen LogP contribution in [0.2, 0.25) is 0 Å². The summed E-state index contributed by atoms with van der Waals surface area (Å²) < 4.78 is 0. The van der Waals surface area contributed by atoms with Gasteiger partial charge in [0.2, 0.25) is 0 Å². The van der Waals surface area contributed by atoms with Crippen LogP contribution in [0.3, 0.4) is 0 Å². The lowest BCUT2D eigenvalue weighted by Crippen LogP contribution is -2.19. The first-order chi connectivity index (χ1) is 8.79. The highest BCUT2D eigenvalue weighted by molar-refractivity contribution is 7.21. The third-order valence-corrected chi connectivity index (χ3v) is 3.79. The lowest BCUT2D eigenvalue weighted by Gasteiger charge is -2.20. The summed E-state index contributed by atoms with van der Waals surface area (Å²) in [7, 11) is 0. The molecule has 0 bridgehead atoms. The summed E-state index contributed by atoms with van der Waals surface area (Å²) in [5, 5.41) is 4.14. The van der Waals surface area contributed by atoms with E-state index in [0.29, 0.717) is 10.6 Å². The standard InChI is InChI=1S/C13H18N4OS/c1-13(2,3)6-17-7-4-5-16-12-8(7)9(14)10(19-12)11(15)18/h4-5H,6,14H2,1-3H3,(H2,15,18)(H,16,17). The molecule has 0 aromatic carbocycles. The molecule has 102 valence electrons. The smallest absolute Gasteiger partial charge is 0.260 e. The zero-order chi connectivity index (χ0) is 14.2. The minimum absolute atomic E-state index is 0.146. The molecule has 0 aliphatic heterocycles. The molecule has 2 heterocycles. The van der Waals surface area contributed by atoms with Gasteiger partial charge in [-0.3, -0.25) is 4.79 Å². The number of nitrogens with one attached hydrogen (secondary N) is 1. The fourth-order valence-corrected chi connectivity index (χ4v) is 2.68. The van der Waals surface area contributed by atoms with Crippen LogP contribution in [0, 0.1) is 5.41 Å². The van der Waals surface area contributed by atoms with Gasteiger partial charge >= 0.3 is 0 Å². The highest BCUT2D eigenvalue weighted by Gasteiger charge is 2.18. The van der Waals surface area contributed by atoms with Gasteiger partial charge < -0.3 is 16.8 Å². The monoisotopic (exact) mass is 278 g/mol. The number of rotatable bonds is 3. The molecular formula is C13H18N4OS. The van der Waals surface area contributed by atoms with Gasteiger partial charge in [-0.25, -0.2) is 4.98 Å². The number of amides is 1. The normalized spacial score (nSPS) is 11.7. The molecule has 0 saturated carbocycles. The average Bonchev–Trinajstić information content (AvgIpc) is 2.64. The molecule has 5 nitrogen and oxygen atoms in total. The number of fused-ring (bicyclic) bond motifs is 1. The molecule has 19 heavy (non-hydrogen) atoms. The van der Waals surface area contributed by atoms with Crippen LogP contribution < -0.4 is 16.8 Å². The maximum Gasteiger partial charge on any atom is 0.260 e. The Morgan fingerprint density at radius 2 is 2.16 bits per heavy atom. The van der Waals surface area contributed by atoms with E-state index in [0.717, 1.165) is 22.4 Å². The van der Waals surface area contributed by atoms with Crippen LogP contribution in [0.5, 0.6) is 0 Å². The SMILES string of the molecule is CC(C)(C)CNc1ccnc2sc(C(N)=O)c(N)c12. The topological polar surface area (TPSA) is 94.0 Å². The minimum Gasteiger partial charge on any atom is -0.397 e. The highest BCUT2D eigenvalue weighted by atomic mass is 32.1. The number of thiophene rings is 1.